The van der Waals surface area contributed by atoms with Crippen LogP contribution in [0.2, 0.25) is 0 Å². The van der Waals surface area contributed by atoms with Gasteiger partial charge in [0.15, 0.2) is 0 Å². The van der Waals surface area contributed by atoms with Crippen LogP contribution in [0.5, 0.6) is 5.75 Å². The second-order valence-corrected chi connectivity index (χ2v) is 3.93. The van der Waals surface area contributed by atoms with Crippen LogP contribution >= 0.6 is 0 Å². The van der Waals surface area contributed by atoms with Crippen LogP contribution in [0, 0.1) is 13.8 Å². The number of aliphatic hydroxyl groups excluding tert-OH is 2. The Morgan fingerprint density at radius 3 is 2.38 bits per heavy atom. The van der Waals surface area contributed by atoms with Crippen molar-refractivity contribution in [1.82, 2.24) is 0 Å². The van der Waals surface area contributed by atoms with Crippen LogP contribution in [0.3, 0.4) is 0 Å². The van der Waals surface area contributed by atoms with E-state index in [4.69, 9.17) is 10.5 Å². The molecule has 0 aliphatic rings. The second-order valence-electron chi connectivity index (χ2n) is 3.93. The summed E-state index contributed by atoms with van der Waals surface area (Å²) in [7, 11) is 1.60. The SMILES string of the molecule is COc1cc(C)c(C(O)C(O)CN)cc1C. The summed E-state index contributed by atoms with van der Waals surface area (Å²) in [5, 5.41) is 19.4. The normalized spacial score (nSPS) is 14.6. The standard InChI is InChI=1S/C12H19NO3/c1-7-5-11(16-3)8(2)4-9(7)12(15)10(14)6-13/h4-5,10,12,14-15H,6,13H2,1-3H3. The van der Waals surface area contributed by atoms with E-state index >= 15 is 0 Å². The predicted octanol–water partition coefficient (Wildman–Crippen LogP) is 0.665. The third-order valence-electron chi connectivity index (χ3n) is 2.71. The molecule has 0 spiro atoms. The predicted molar refractivity (Wildman–Crippen MR) is 62.5 cm³/mol. The van der Waals surface area contributed by atoms with E-state index in [0.29, 0.717) is 5.56 Å². The quantitative estimate of drug-likeness (QED) is 0.704. The van der Waals surface area contributed by atoms with E-state index in [1.54, 1.807) is 7.11 Å². The van der Waals surface area contributed by atoms with Gasteiger partial charge in [0.1, 0.15) is 11.9 Å². The molecule has 1 aromatic rings. The van der Waals surface area contributed by atoms with Gasteiger partial charge in [-0.05, 0) is 42.7 Å². The second kappa shape index (κ2) is 5.30. The molecule has 0 fully saturated rings. The molecule has 4 nitrogen and oxygen atoms in total. The van der Waals surface area contributed by atoms with Gasteiger partial charge in [-0.2, -0.15) is 0 Å². The first-order valence-electron chi connectivity index (χ1n) is 5.22. The van der Waals surface area contributed by atoms with Gasteiger partial charge in [0.25, 0.3) is 0 Å². The van der Waals surface area contributed by atoms with Crippen LogP contribution < -0.4 is 10.5 Å². The Morgan fingerprint density at radius 1 is 1.25 bits per heavy atom. The molecule has 0 aliphatic heterocycles. The molecule has 0 aromatic heterocycles. The van der Waals surface area contributed by atoms with Gasteiger partial charge in [-0.3, -0.25) is 0 Å². The number of rotatable bonds is 4. The average molecular weight is 225 g/mol. The van der Waals surface area contributed by atoms with Crippen LogP contribution in [-0.4, -0.2) is 30.0 Å². The smallest absolute Gasteiger partial charge is 0.122 e. The molecule has 0 radical (unpaired) electrons. The van der Waals surface area contributed by atoms with Crippen LogP contribution in [0.25, 0.3) is 0 Å². The molecule has 2 unspecified atom stereocenters. The number of methoxy groups -OCH3 is 1. The zero-order valence-corrected chi connectivity index (χ0v) is 9.90. The fourth-order valence-corrected chi connectivity index (χ4v) is 1.69. The van der Waals surface area contributed by atoms with Crippen molar-refractivity contribution in [2.75, 3.05) is 13.7 Å². The van der Waals surface area contributed by atoms with Gasteiger partial charge >= 0.3 is 0 Å². The highest BCUT2D eigenvalue weighted by Gasteiger charge is 2.19. The summed E-state index contributed by atoms with van der Waals surface area (Å²) in [5.41, 5.74) is 7.81. The van der Waals surface area contributed by atoms with Crippen LogP contribution in [-0.2, 0) is 0 Å². The highest BCUT2D eigenvalue weighted by molar-refractivity contribution is 5.42. The van der Waals surface area contributed by atoms with Gasteiger partial charge in [-0.15, -0.1) is 0 Å². The molecule has 1 aromatic carbocycles. The number of benzene rings is 1. The van der Waals surface area contributed by atoms with Gasteiger partial charge in [0.05, 0.1) is 13.2 Å². The first-order chi connectivity index (χ1) is 7.51. The maximum atomic E-state index is 9.89. The summed E-state index contributed by atoms with van der Waals surface area (Å²) < 4.78 is 5.18. The largest absolute Gasteiger partial charge is 0.496 e. The Hall–Kier alpha value is -1.10. The lowest BCUT2D eigenvalue weighted by molar-refractivity contribution is 0.0239. The molecular formula is C12H19NO3. The third-order valence-corrected chi connectivity index (χ3v) is 2.71. The Kier molecular flexibility index (Phi) is 4.29. The zero-order valence-electron chi connectivity index (χ0n) is 9.90. The molecule has 2 atom stereocenters. The molecule has 4 N–H and O–H groups in total. The number of hydrogen-bond donors (Lipinski definition) is 3. The van der Waals surface area contributed by atoms with Gasteiger partial charge in [-0.1, -0.05) is 0 Å². The molecule has 0 aliphatic carbocycles. The van der Waals surface area contributed by atoms with E-state index in [-0.39, 0.29) is 6.54 Å². The number of ether oxygens (including phenoxy) is 1. The van der Waals surface area contributed by atoms with E-state index in [1.807, 2.05) is 26.0 Å². The Morgan fingerprint density at radius 2 is 1.88 bits per heavy atom. The monoisotopic (exact) mass is 225 g/mol. The summed E-state index contributed by atoms with van der Waals surface area (Å²) in [5.74, 6) is 0.774. The zero-order chi connectivity index (χ0) is 12.3. The lowest BCUT2D eigenvalue weighted by Crippen LogP contribution is -2.27. The molecule has 0 bridgehead atoms. The van der Waals surface area contributed by atoms with Crippen LogP contribution in [0.1, 0.15) is 22.8 Å². The minimum absolute atomic E-state index is 0.0334. The van der Waals surface area contributed by atoms with Crippen molar-refractivity contribution in [2.45, 2.75) is 26.1 Å². The maximum Gasteiger partial charge on any atom is 0.122 e. The average Bonchev–Trinajstić information content (AvgIpc) is 2.29. The van der Waals surface area contributed by atoms with E-state index in [0.717, 1.165) is 16.9 Å². The molecule has 0 heterocycles. The first kappa shape index (κ1) is 13.0. The van der Waals surface area contributed by atoms with Crippen molar-refractivity contribution in [3.63, 3.8) is 0 Å². The third kappa shape index (κ3) is 2.52. The van der Waals surface area contributed by atoms with Gasteiger partial charge < -0.3 is 20.7 Å². The molecule has 4 heteroatoms. The lowest BCUT2D eigenvalue weighted by atomic mass is 9.97. The molecule has 1 rings (SSSR count). The molecule has 0 amide bonds. The number of aliphatic hydroxyl groups is 2. The summed E-state index contributed by atoms with van der Waals surface area (Å²) in [6.45, 7) is 3.79. The first-order valence-corrected chi connectivity index (χ1v) is 5.22. The molecule has 16 heavy (non-hydrogen) atoms. The number of nitrogens with two attached hydrogens (primary N) is 1. The fraction of sp³-hybridized carbons (Fsp3) is 0.500. The highest BCUT2D eigenvalue weighted by Crippen LogP contribution is 2.27. The van der Waals surface area contributed by atoms with Crippen molar-refractivity contribution in [1.29, 1.82) is 0 Å². The van der Waals surface area contributed by atoms with Crippen molar-refractivity contribution < 1.29 is 14.9 Å². The van der Waals surface area contributed by atoms with Gasteiger partial charge in [-0.25, -0.2) is 0 Å². The van der Waals surface area contributed by atoms with Gasteiger partial charge in [0, 0.05) is 6.54 Å². The Labute approximate surface area is 95.7 Å². The highest BCUT2D eigenvalue weighted by atomic mass is 16.5. The Balaban J connectivity index is 3.10. The Bertz CT molecular complexity index is 366. The van der Waals surface area contributed by atoms with Crippen molar-refractivity contribution in [3.05, 3.63) is 28.8 Å². The number of hydrogen-bond acceptors (Lipinski definition) is 4. The van der Waals surface area contributed by atoms with Crippen molar-refractivity contribution in [2.24, 2.45) is 5.73 Å². The molecular weight excluding hydrogens is 206 g/mol. The topological polar surface area (TPSA) is 75.7 Å². The molecule has 0 saturated heterocycles. The van der Waals surface area contributed by atoms with E-state index < -0.39 is 12.2 Å². The van der Waals surface area contributed by atoms with Crippen LogP contribution in [0.15, 0.2) is 12.1 Å². The fourth-order valence-electron chi connectivity index (χ4n) is 1.69. The van der Waals surface area contributed by atoms with Crippen molar-refractivity contribution >= 4 is 0 Å². The minimum atomic E-state index is -0.949. The molecule has 90 valence electrons. The summed E-state index contributed by atoms with van der Waals surface area (Å²) in [6, 6.07) is 3.66. The van der Waals surface area contributed by atoms with E-state index in [9.17, 15) is 10.2 Å². The minimum Gasteiger partial charge on any atom is -0.496 e. The van der Waals surface area contributed by atoms with E-state index in [2.05, 4.69) is 0 Å². The van der Waals surface area contributed by atoms with Crippen molar-refractivity contribution in [3.8, 4) is 5.75 Å². The summed E-state index contributed by atoms with van der Waals surface area (Å²) >= 11 is 0. The van der Waals surface area contributed by atoms with Crippen LogP contribution in [0.4, 0.5) is 0 Å². The maximum absolute atomic E-state index is 9.89. The van der Waals surface area contributed by atoms with Gasteiger partial charge in [0.2, 0.25) is 0 Å². The molecule has 0 saturated carbocycles. The summed E-state index contributed by atoms with van der Waals surface area (Å²) in [6.07, 6.45) is -1.89. The van der Waals surface area contributed by atoms with E-state index in [1.165, 1.54) is 0 Å². The lowest BCUT2D eigenvalue weighted by Gasteiger charge is -2.20. The number of aryl methyl sites for hydroxylation is 2. The summed E-state index contributed by atoms with van der Waals surface area (Å²) in [4.78, 5) is 0.